The van der Waals surface area contributed by atoms with Crippen molar-refractivity contribution < 1.29 is 4.74 Å². The number of fused-ring (bicyclic) bond motifs is 3. The Morgan fingerprint density at radius 3 is 2.82 bits per heavy atom. The van der Waals surface area contributed by atoms with Gasteiger partial charge in [-0.1, -0.05) is 37.8 Å². The average Bonchev–Trinajstić information content (AvgIpc) is 2.72. The highest BCUT2D eigenvalue weighted by molar-refractivity contribution is 7.31. The van der Waals surface area contributed by atoms with E-state index in [-0.39, 0.29) is 0 Å². The normalized spacial score (nSPS) is 14.8. The molecule has 3 rings (SSSR count). The summed E-state index contributed by atoms with van der Waals surface area (Å²) in [6.45, 7) is 7.88. The van der Waals surface area contributed by atoms with E-state index in [1.54, 1.807) is 4.50 Å². The Bertz CT molecular complexity index is 604. The molecule has 17 heavy (non-hydrogen) atoms. The molecule has 2 heterocycles. The topological polar surface area (TPSA) is 9.23 Å². The van der Waals surface area contributed by atoms with Crippen LogP contribution in [-0.2, 0) is 0 Å². The minimum atomic E-state index is -1.22. The van der Waals surface area contributed by atoms with Crippen molar-refractivity contribution in [1.82, 2.24) is 0 Å². The van der Waals surface area contributed by atoms with Gasteiger partial charge in [0.1, 0.15) is 12.4 Å². The van der Waals surface area contributed by atoms with Crippen LogP contribution < -0.4 is 9.24 Å². The number of rotatable bonds is 1. The predicted molar refractivity (Wildman–Crippen MR) is 79.3 cm³/mol. The Balaban J connectivity index is 2.26. The second-order valence-electron chi connectivity index (χ2n) is 5.48. The third-order valence-electron chi connectivity index (χ3n) is 3.03. The number of hydrogen-bond donors (Lipinski definition) is 0. The van der Waals surface area contributed by atoms with Gasteiger partial charge in [-0.05, 0) is 22.0 Å². The highest BCUT2D eigenvalue weighted by Crippen LogP contribution is 2.36. The molecule has 0 unspecified atom stereocenters. The van der Waals surface area contributed by atoms with E-state index in [4.69, 9.17) is 4.74 Å². The number of benzene rings is 1. The molecule has 0 aliphatic carbocycles. The van der Waals surface area contributed by atoms with Crippen LogP contribution in [0.5, 0.6) is 5.75 Å². The fourth-order valence-electron chi connectivity index (χ4n) is 2.05. The summed E-state index contributed by atoms with van der Waals surface area (Å²) in [4.78, 5) is 0. The summed E-state index contributed by atoms with van der Waals surface area (Å²) in [5.41, 5.74) is 1.22. The SMILES string of the molecule is C[Si](C)(C)c1cc2ccc3c(c2s1)OCC=C3. The molecule has 3 heteroatoms. The van der Waals surface area contributed by atoms with E-state index in [0.29, 0.717) is 6.61 Å². The Kier molecular flexibility index (Phi) is 2.42. The summed E-state index contributed by atoms with van der Waals surface area (Å²) < 4.78 is 8.68. The molecular formula is C14H16OSSi. The van der Waals surface area contributed by atoms with Gasteiger partial charge in [0.15, 0.2) is 0 Å². The third kappa shape index (κ3) is 1.83. The summed E-state index contributed by atoms with van der Waals surface area (Å²) in [7, 11) is -1.22. The molecule has 1 nitrogen and oxygen atoms in total. The van der Waals surface area contributed by atoms with Crippen molar-refractivity contribution in [2.45, 2.75) is 19.6 Å². The molecule has 88 valence electrons. The Labute approximate surface area is 107 Å². The fraction of sp³-hybridized carbons (Fsp3) is 0.286. The predicted octanol–water partition coefficient (Wildman–Crippen LogP) is 3.85. The highest BCUT2D eigenvalue weighted by Gasteiger charge is 2.21. The fourth-order valence-corrected chi connectivity index (χ4v) is 5.09. The lowest BCUT2D eigenvalue weighted by Crippen LogP contribution is -2.34. The lowest BCUT2D eigenvalue weighted by atomic mass is 10.1. The van der Waals surface area contributed by atoms with Gasteiger partial charge in [-0.2, -0.15) is 0 Å². The second kappa shape index (κ2) is 3.72. The first-order valence-electron chi connectivity index (χ1n) is 5.92. The van der Waals surface area contributed by atoms with Crippen molar-refractivity contribution in [3.05, 3.63) is 29.8 Å². The zero-order valence-corrected chi connectivity index (χ0v) is 12.2. The Morgan fingerprint density at radius 1 is 1.24 bits per heavy atom. The van der Waals surface area contributed by atoms with E-state index in [2.05, 4.69) is 50.0 Å². The van der Waals surface area contributed by atoms with Gasteiger partial charge in [0.05, 0.1) is 12.8 Å². The van der Waals surface area contributed by atoms with E-state index in [1.165, 1.54) is 15.6 Å². The summed E-state index contributed by atoms with van der Waals surface area (Å²) >= 11 is 1.92. The summed E-state index contributed by atoms with van der Waals surface area (Å²) in [5.74, 6) is 1.08. The largest absolute Gasteiger partial charge is 0.487 e. The maximum atomic E-state index is 5.80. The van der Waals surface area contributed by atoms with Crippen molar-refractivity contribution in [1.29, 1.82) is 0 Å². The van der Waals surface area contributed by atoms with E-state index < -0.39 is 8.07 Å². The lowest BCUT2D eigenvalue weighted by molar-refractivity contribution is 0.363. The molecule has 1 aliphatic rings. The standard InChI is InChI=1S/C14H16OSSi/c1-17(2,3)12-9-11-7-6-10-5-4-8-15-13(10)14(11)16-12/h4-7,9H,8H2,1-3H3. The smallest absolute Gasteiger partial charge is 0.144 e. The zero-order chi connectivity index (χ0) is 12.0. The molecule has 0 radical (unpaired) electrons. The van der Waals surface area contributed by atoms with Crippen LogP contribution >= 0.6 is 11.3 Å². The second-order valence-corrected chi connectivity index (χ2v) is 11.9. The van der Waals surface area contributed by atoms with Crippen LogP contribution in [0.1, 0.15) is 5.56 Å². The lowest BCUT2D eigenvalue weighted by Gasteiger charge is -2.13. The van der Waals surface area contributed by atoms with E-state index >= 15 is 0 Å². The molecule has 0 spiro atoms. The van der Waals surface area contributed by atoms with E-state index in [0.717, 1.165) is 5.75 Å². The molecule has 1 aromatic carbocycles. The first-order valence-corrected chi connectivity index (χ1v) is 10.2. The van der Waals surface area contributed by atoms with Crippen molar-refractivity contribution in [2.75, 3.05) is 6.61 Å². The minimum Gasteiger partial charge on any atom is -0.487 e. The Hall–Kier alpha value is -1.06. The highest BCUT2D eigenvalue weighted by atomic mass is 32.1. The van der Waals surface area contributed by atoms with Gasteiger partial charge in [0.2, 0.25) is 0 Å². The number of hydrogen-bond acceptors (Lipinski definition) is 2. The van der Waals surface area contributed by atoms with Gasteiger partial charge in [0, 0.05) is 5.56 Å². The molecule has 0 bridgehead atoms. The molecular weight excluding hydrogens is 244 g/mol. The van der Waals surface area contributed by atoms with E-state index in [1.807, 2.05) is 11.3 Å². The summed E-state index contributed by atoms with van der Waals surface area (Å²) in [5, 5.41) is 1.33. The molecule has 0 atom stereocenters. The van der Waals surface area contributed by atoms with Gasteiger partial charge in [0.25, 0.3) is 0 Å². The van der Waals surface area contributed by atoms with Gasteiger partial charge in [-0.25, -0.2) is 0 Å². The average molecular weight is 260 g/mol. The molecule has 2 aromatic rings. The van der Waals surface area contributed by atoms with Gasteiger partial charge >= 0.3 is 0 Å². The summed E-state index contributed by atoms with van der Waals surface area (Å²) in [6.07, 6.45) is 4.23. The van der Waals surface area contributed by atoms with Crippen LogP contribution in [0.3, 0.4) is 0 Å². The molecule has 1 aliphatic heterocycles. The number of thiophene rings is 1. The third-order valence-corrected chi connectivity index (χ3v) is 7.76. The molecule has 1 aromatic heterocycles. The Morgan fingerprint density at radius 2 is 2.06 bits per heavy atom. The van der Waals surface area contributed by atoms with E-state index in [9.17, 15) is 0 Å². The monoisotopic (exact) mass is 260 g/mol. The first-order chi connectivity index (χ1) is 8.05. The number of ether oxygens (including phenoxy) is 1. The zero-order valence-electron chi connectivity index (χ0n) is 10.4. The molecule has 0 saturated heterocycles. The van der Waals surface area contributed by atoms with Gasteiger partial charge in [-0.3, -0.25) is 0 Å². The first kappa shape index (κ1) is 11.1. The van der Waals surface area contributed by atoms with Crippen LogP contribution in [0, 0.1) is 0 Å². The minimum absolute atomic E-state index is 0.701. The van der Waals surface area contributed by atoms with Gasteiger partial charge in [-0.15, -0.1) is 11.3 Å². The van der Waals surface area contributed by atoms with Crippen LogP contribution in [0.15, 0.2) is 24.3 Å². The van der Waals surface area contributed by atoms with Crippen LogP contribution in [0.4, 0.5) is 0 Å². The van der Waals surface area contributed by atoms with Crippen molar-refractivity contribution in [3.63, 3.8) is 0 Å². The molecule has 0 fully saturated rings. The van der Waals surface area contributed by atoms with Crippen LogP contribution in [0.2, 0.25) is 19.6 Å². The van der Waals surface area contributed by atoms with Crippen LogP contribution in [0.25, 0.3) is 16.2 Å². The summed E-state index contributed by atoms with van der Waals surface area (Å²) in [6, 6.07) is 6.73. The van der Waals surface area contributed by atoms with Crippen molar-refractivity contribution >= 4 is 40.1 Å². The quantitative estimate of drug-likeness (QED) is 0.708. The van der Waals surface area contributed by atoms with Crippen molar-refractivity contribution in [2.24, 2.45) is 0 Å². The molecule has 0 saturated carbocycles. The van der Waals surface area contributed by atoms with Gasteiger partial charge < -0.3 is 4.74 Å². The molecule has 0 amide bonds. The van der Waals surface area contributed by atoms with Crippen LogP contribution in [-0.4, -0.2) is 14.7 Å². The maximum absolute atomic E-state index is 5.80. The van der Waals surface area contributed by atoms with Crippen molar-refractivity contribution in [3.8, 4) is 5.75 Å². The molecule has 0 N–H and O–H groups in total. The maximum Gasteiger partial charge on any atom is 0.144 e.